The van der Waals surface area contributed by atoms with Gasteiger partial charge in [-0.1, -0.05) is 0 Å². The highest BCUT2D eigenvalue weighted by Crippen LogP contribution is 2.23. The van der Waals surface area contributed by atoms with Crippen molar-refractivity contribution in [2.24, 2.45) is 0 Å². The second-order valence-corrected chi connectivity index (χ2v) is 7.09. The second kappa shape index (κ2) is 9.29. The molecule has 1 N–H and O–H groups in total. The predicted molar refractivity (Wildman–Crippen MR) is 94.8 cm³/mol. The maximum Gasteiger partial charge on any atom is 0.322 e. The maximum atomic E-state index is 12.0. The number of carboxylic acids is 1. The second-order valence-electron chi connectivity index (χ2n) is 7.09. The zero-order valence-electron chi connectivity index (χ0n) is 16.5. The Morgan fingerprint density at radius 1 is 1.04 bits per heavy atom. The van der Waals surface area contributed by atoms with Crippen LogP contribution in [0.4, 0.5) is 0 Å². The Bertz CT molecular complexity index is 495. The number of nitrogens with zero attached hydrogens (tertiary/aromatic N) is 3. The summed E-state index contributed by atoms with van der Waals surface area (Å²) < 4.78 is 9.71. The third kappa shape index (κ3) is 5.39. The number of rotatable bonds is 7. The van der Waals surface area contributed by atoms with E-state index in [9.17, 15) is 19.5 Å². The molecule has 2 unspecified atom stereocenters. The first-order valence-electron chi connectivity index (χ1n) is 8.62. The molecule has 0 saturated carbocycles. The van der Waals surface area contributed by atoms with Gasteiger partial charge < -0.3 is 14.6 Å². The van der Waals surface area contributed by atoms with Gasteiger partial charge in [0.2, 0.25) is 0 Å². The largest absolute Gasteiger partial charge is 0.480 e. The van der Waals surface area contributed by atoms with Gasteiger partial charge in [-0.05, 0) is 27.8 Å². The molecule has 0 aromatic carbocycles. The number of aliphatic carboxylic acids is 1. The van der Waals surface area contributed by atoms with Gasteiger partial charge in [-0.25, -0.2) is 0 Å². The Hall–Kier alpha value is -1.71. The van der Waals surface area contributed by atoms with Crippen LogP contribution >= 0.6 is 0 Å². The van der Waals surface area contributed by atoms with Gasteiger partial charge in [0, 0.05) is 31.7 Å². The Labute approximate surface area is 154 Å². The minimum atomic E-state index is -0.932. The zero-order chi connectivity index (χ0) is 20.1. The van der Waals surface area contributed by atoms with E-state index in [4.69, 9.17) is 9.47 Å². The molecule has 1 heterocycles. The average Bonchev–Trinajstić information content (AvgIpc) is 2.78. The van der Waals surface area contributed by atoms with Crippen molar-refractivity contribution in [3.63, 3.8) is 0 Å². The molecule has 150 valence electrons. The minimum absolute atomic E-state index is 0.141. The molecule has 1 aliphatic heterocycles. The molecule has 0 aliphatic carbocycles. The Morgan fingerprint density at radius 3 is 1.73 bits per heavy atom. The first kappa shape index (κ1) is 22.3. The SMILES string of the molecule is COC(=O)C(C)N1CCN(C(C)C(=O)OC)CC(C)(N(C)CC(=O)O)C1. The molecule has 0 aromatic rings. The van der Waals surface area contributed by atoms with Crippen molar-refractivity contribution >= 4 is 17.9 Å². The molecule has 0 spiro atoms. The van der Waals surface area contributed by atoms with E-state index in [1.54, 1.807) is 25.8 Å². The summed E-state index contributed by atoms with van der Waals surface area (Å²) >= 11 is 0. The number of carboxylic acid groups (broad SMARTS) is 1. The third-order valence-corrected chi connectivity index (χ3v) is 5.24. The van der Waals surface area contributed by atoms with Gasteiger partial charge in [-0.3, -0.25) is 29.1 Å². The van der Waals surface area contributed by atoms with E-state index in [1.807, 2.05) is 16.7 Å². The highest BCUT2D eigenvalue weighted by Gasteiger charge is 2.41. The van der Waals surface area contributed by atoms with E-state index in [2.05, 4.69) is 0 Å². The molecule has 1 fully saturated rings. The van der Waals surface area contributed by atoms with E-state index in [0.29, 0.717) is 26.2 Å². The van der Waals surface area contributed by atoms with Crippen molar-refractivity contribution in [2.45, 2.75) is 38.4 Å². The maximum absolute atomic E-state index is 12.0. The predicted octanol–water partition coefficient (Wildman–Crippen LogP) is -0.498. The van der Waals surface area contributed by atoms with Gasteiger partial charge in [-0.15, -0.1) is 0 Å². The number of esters is 2. The van der Waals surface area contributed by atoms with E-state index in [-0.39, 0.29) is 18.5 Å². The average molecular weight is 373 g/mol. The van der Waals surface area contributed by atoms with Crippen LogP contribution in [0.1, 0.15) is 20.8 Å². The summed E-state index contributed by atoms with van der Waals surface area (Å²) in [4.78, 5) is 40.9. The van der Waals surface area contributed by atoms with E-state index >= 15 is 0 Å². The number of carbonyl (C=O) groups excluding carboxylic acids is 2. The minimum Gasteiger partial charge on any atom is -0.480 e. The number of carbonyl (C=O) groups is 3. The van der Waals surface area contributed by atoms with E-state index in [1.165, 1.54) is 14.2 Å². The van der Waals surface area contributed by atoms with Crippen molar-refractivity contribution in [3.8, 4) is 0 Å². The van der Waals surface area contributed by atoms with Crippen molar-refractivity contribution < 1.29 is 29.0 Å². The molecule has 0 radical (unpaired) electrons. The first-order valence-corrected chi connectivity index (χ1v) is 8.62. The number of methoxy groups -OCH3 is 2. The lowest BCUT2D eigenvalue weighted by atomic mass is 9.97. The number of likely N-dealkylation sites (N-methyl/N-ethyl adjacent to an activating group) is 1. The van der Waals surface area contributed by atoms with Crippen LogP contribution in [0.5, 0.6) is 0 Å². The highest BCUT2D eigenvalue weighted by atomic mass is 16.5. The molecule has 2 atom stereocenters. The zero-order valence-corrected chi connectivity index (χ0v) is 16.5. The Balaban J connectivity index is 3.13. The van der Waals surface area contributed by atoms with Gasteiger partial charge in [0.1, 0.15) is 12.1 Å². The van der Waals surface area contributed by atoms with E-state index < -0.39 is 23.6 Å². The monoisotopic (exact) mass is 373 g/mol. The van der Waals surface area contributed by atoms with Crippen LogP contribution in [-0.4, -0.2) is 109 Å². The summed E-state index contributed by atoms with van der Waals surface area (Å²) in [6.45, 7) is 7.37. The van der Waals surface area contributed by atoms with Gasteiger partial charge in [-0.2, -0.15) is 0 Å². The summed E-state index contributed by atoms with van der Waals surface area (Å²) in [5.41, 5.74) is -0.584. The van der Waals surface area contributed by atoms with Crippen molar-refractivity contribution in [2.75, 3.05) is 54.0 Å². The molecule has 1 saturated heterocycles. The summed E-state index contributed by atoms with van der Waals surface area (Å²) in [7, 11) is 4.43. The molecule has 9 heteroatoms. The number of hydrogen-bond acceptors (Lipinski definition) is 8. The van der Waals surface area contributed by atoms with Crippen LogP contribution < -0.4 is 0 Å². The fraction of sp³-hybridized carbons (Fsp3) is 0.824. The quantitative estimate of drug-likeness (QED) is 0.592. The molecule has 0 aromatic heterocycles. The highest BCUT2D eigenvalue weighted by molar-refractivity contribution is 5.75. The lowest BCUT2D eigenvalue weighted by molar-refractivity contribution is -0.147. The standard InChI is InChI=1S/C17H31N3O6/c1-12(15(23)25-5)19-7-8-20(13(2)16(24)26-6)11-17(3,10-19)18(4)9-14(21)22/h12-13H,7-11H2,1-6H3,(H,21,22). The molecule has 1 aliphatic rings. The van der Waals surface area contributed by atoms with E-state index in [0.717, 1.165) is 0 Å². The first-order chi connectivity index (χ1) is 12.1. The van der Waals surface area contributed by atoms with Gasteiger partial charge in [0.05, 0.1) is 20.8 Å². The summed E-state index contributed by atoms with van der Waals surface area (Å²) in [5.74, 6) is -1.62. The molecule has 26 heavy (non-hydrogen) atoms. The lowest BCUT2D eigenvalue weighted by Crippen LogP contribution is -2.59. The summed E-state index contributed by atoms with van der Waals surface area (Å²) in [6.07, 6.45) is 0. The van der Waals surface area contributed by atoms with Crippen LogP contribution in [0.15, 0.2) is 0 Å². The number of ether oxygens (including phenoxy) is 2. The van der Waals surface area contributed by atoms with Crippen LogP contribution in [0.3, 0.4) is 0 Å². The van der Waals surface area contributed by atoms with Crippen LogP contribution in [0, 0.1) is 0 Å². The number of hydrogen-bond donors (Lipinski definition) is 1. The van der Waals surface area contributed by atoms with Gasteiger partial charge in [0.25, 0.3) is 0 Å². The lowest BCUT2D eigenvalue weighted by Gasteiger charge is -2.42. The fourth-order valence-corrected chi connectivity index (χ4v) is 3.28. The topological polar surface area (TPSA) is 99.6 Å². The van der Waals surface area contributed by atoms with Crippen LogP contribution in [-0.2, 0) is 23.9 Å². The molecular formula is C17H31N3O6. The van der Waals surface area contributed by atoms with Crippen molar-refractivity contribution in [1.82, 2.24) is 14.7 Å². The molecule has 0 amide bonds. The van der Waals surface area contributed by atoms with Crippen LogP contribution in [0.25, 0.3) is 0 Å². The molecule has 0 bridgehead atoms. The molecule has 9 nitrogen and oxygen atoms in total. The third-order valence-electron chi connectivity index (χ3n) is 5.24. The van der Waals surface area contributed by atoms with Crippen LogP contribution in [0.2, 0.25) is 0 Å². The summed E-state index contributed by atoms with van der Waals surface area (Å²) in [5, 5.41) is 9.18. The van der Waals surface area contributed by atoms with Crippen molar-refractivity contribution in [1.29, 1.82) is 0 Å². The van der Waals surface area contributed by atoms with Crippen molar-refractivity contribution in [3.05, 3.63) is 0 Å². The summed E-state index contributed by atoms with van der Waals surface area (Å²) in [6, 6.07) is -0.933. The Kier molecular flexibility index (Phi) is 7.98. The van der Waals surface area contributed by atoms with Gasteiger partial charge in [0.15, 0.2) is 0 Å². The molecule has 1 rings (SSSR count). The fourth-order valence-electron chi connectivity index (χ4n) is 3.28. The Morgan fingerprint density at radius 2 is 1.42 bits per heavy atom. The molecular weight excluding hydrogens is 342 g/mol. The smallest absolute Gasteiger partial charge is 0.322 e. The normalized spacial score (nSPS) is 24.6. The van der Waals surface area contributed by atoms with Gasteiger partial charge >= 0.3 is 17.9 Å².